The quantitative estimate of drug-likeness (QED) is 0.216. The van der Waals surface area contributed by atoms with Crippen molar-refractivity contribution in [1.82, 2.24) is 14.2 Å². The van der Waals surface area contributed by atoms with Gasteiger partial charge in [0, 0.05) is 34.1 Å². The van der Waals surface area contributed by atoms with E-state index in [1.165, 1.54) is 29.8 Å². The Kier molecular flexibility index (Phi) is 6.59. The molecular formula is C29H24ClF2N5S. The predicted octanol–water partition coefficient (Wildman–Crippen LogP) is 7.47. The molecule has 0 aliphatic carbocycles. The summed E-state index contributed by atoms with van der Waals surface area (Å²) < 4.78 is 31.1. The zero-order valence-electron chi connectivity index (χ0n) is 20.3. The molecule has 3 heterocycles. The lowest BCUT2D eigenvalue weighted by molar-refractivity contribution is 0.618. The van der Waals surface area contributed by atoms with Crippen LogP contribution in [0.4, 0.5) is 20.2 Å². The number of benzene rings is 3. The number of rotatable bonds is 6. The Labute approximate surface area is 229 Å². The van der Waals surface area contributed by atoms with Crippen molar-refractivity contribution < 1.29 is 8.78 Å². The first-order valence-corrected chi connectivity index (χ1v) is 13.2. The molecule has 9 heteroatoms. The highest BCUT2D eigenvalue weighted by molar-refractivity contribution is 7.81. The Morgan fingerprint density at radius 2 is 1.55 bits per heavy atom. The minimum absolute atomic E-state index is 0.275. The summed E-state index contributed by atoms with van der Waals surface area (Å²) in [4.78, 5) is 0.492. The summed E-state index contributed by atoms with van der Waals surface area (Å²) in [6.07, 6.45) is 2.94. The van der Waals surface area contributed by atoms with Crippen molar-refractivity contribution >= 4 is 45.8 Å². The van der Waals surface area contributed by atoms with E-state index in [-0.39, 0.29) is 11.6 Å². The summed E-state index contributed by atoms with van der Waals surface area (Å²) >= 11 is 12.2. The van der Waals surface area contributed by atoms with E-state index in [4.69, 9.17) is 28.9 Å². The molecule has 38 heavy (non-hydrogen) atoms. The lowest BCUT2D eigenvalue weighted by Crippen LogP contribution is -2.15. The average molecular weight is 548 g/mol. The van der Waals surface area contributed by atoms with Crippen molar-refractivity contribution in [1.29, 1.82) is 0 Å². The summed E-state index contributed by atoms with van der Waals surface area (Å²) in [6, 6.07) is 20.2. The molecule has 6 rings (SSSR count). The Balaban J connectivity index is 1.48. The van der Waals surface area contributed by atoms with Gasteiger partial charge in [0.1, 0.15) is 28.0 Å². The number of hydrogen-bond donors (Lipinski definition) is 2. The maximum atomic E-state index is 13.5. The molecule has 0 saturated carbocycles. The second-order valence-electron chi connectivity index (χ2n) is 9.29. The van der Waals surface area contributed by atoms with Crippen LogP contribution in [0.1, 0.15) is 29.9 Å². The van der Waals surface area contributed by atoms with Crippen LogP contribution in [0.25, 0.3) is 16.8 Å². The van der Waals surface area contributed by atoms with Gasteiger partial charge < -0.3 is 15.2 Å². The largest absolute Gasteiger partial charge is 0.378 e. The van der Waals surface area contributed by atoms with Gasteiger partial charge in [0.15, 0.2) is 5.82 Å². The molecular weight excluding hydrogens is 524 g/mol. The highest BCUT2D eigenvalue weighted by Crippen LogP contribution is 2.37. The number of anilines is 2. The lowest BCUT2D eigenvalue weighted by atomic mass is 9.98. The maximum absolute atomic E-state index is 13.5. The van der Waals surface area contributed by atoms with Crippen molar-refractivity contribution in [2.75, 3.05) is 10.6 Å². The summed E-state index contributed by atoms with van der Waals surface area (Å²) in [5, 5.41) is 12.3. The molecule has 0 amide bonds. The van der Waals surface area contributed by atoms with Crippen molar-refractivity contribution in [3.63, 3.8) is 0 Å². The average Bonchev–Trinajstić information content (AvgIpc) is 3.32. The molecule has 0 bridgehead atoms. The second-order valence-corrected chi connectivity index (χ2v) is 10.1. The molecule has 0 atom stereocenters. The Morgan fingerprint density at radius 3 is 2.24 bits per heavy atom. The fraction of sp³-hybridized carbons (Fsp3) is 0.172. The van der Waals surface area contributed by atoms with Gasteiger partial charge in [-0.3, -0.25) is 0 Å². The Bertz CT molecular complexity index is 1620. The lowest BCUT2D eigenvalue weighted by Gasteiger charge is -2.12. The van der Waals surface area contributed by atoms with Crippen LogP contribution in [0.3, 0.4) is 0 Å². The number of aryl methyl sites for hydroxylation is 2. The highest BCUT2D eigenvalue weighted by atomic mass is 35.5. The Hall–Kier alpha value is -3.75. The normalized spacial score (nSPS) is 12.9. The molecule has 1 aliphatic rings. The summed E-state index contributed by atoms with van der Waals surface area (Å²) in [5.41, 5.74) is 6.52. The molecule has 0 saturated heterocycles. The molecule has 0 radical (unpaired) electrons. The van der Waals surface area contributed by atoms with E-state index in [1.807, 2.05) is 28.8 Å². The minimum Gasteiger partial charge on any atom is -0.378 e. The molecule has 5 nitrogen and oxygen atoms in total. The molecule has 0 unspecified atom stereocenters. The van der Waals surface area contributed by atoms with Gasteiger partial charge in [-0.25, -0.2) is 13.3 Å². The molecule has 2 N–H and O–H groups in total. The molecule has 3 aromatic carbocycles. The van der Waals surface area contributed by atoms with Crippen LogP contribution in [0.2, 0.25) is 5.02 Å². The van der Waals surface area contributed by atoms with E-state index in [9.17, 15) is 8.78 Å². The van der Waals surface area contributed by atoms with Crippen LogP contribution in [-0.4, -0.2) is 19.2 Å². The number of aromatic nitrogens is 3. The fourth-order valence-corrected chi connectivity index (χ4v) is 5.48. The van der Waals surface area contributed by atoms with Crippen LogP contribution in [0.5, 0.6) is 0 Å². The number of nitrogens with one attached hydrogen (secondary N) is 2. The molecule has 2 aromatic heterocycles. The minimum atomic E-state index is -0.310. The van der Waals surface area contributed by atoms with E-state index < -0.39 is 0 Å². The van der Waals surface area contributed by atoms with E-state index in [2.05, 4.69) is 15.2 Å². The summed E-state index contributed by atoms with van der Waals surface area (Å²) in [6.45, 7) is 1.30. The first-order chi connectivity index (χ1) is 18.5. The van der Waals surface area contributed by atoms with Gasteiger partial charge in [-0.1, -0.05) is 36.0 Å². The van der Waals surface area contributed by atoms with Gasteiger partial charge in [0.2, 0.25) is 0 Å². The molecule has 0 spiro atoms. The third kappa shape index (κ3) is 4.66. The number of hydrogen-bond acceptors (Lipinski definition) is 3. The standard InChI is InChI=1S/C29H24ClF2N5S/c30-19-6-4-18(5-7-19)26-24-3-1-2-16-36-25(17-33-22-12-8-20(31)9-13-22)35-37(29(24)36)27(26)28(38)34-23-14-10-21(32)11-15-23/h4-15,33H,1-3,16-17H2,(H,34,38). The topological polar surface area (TPSA) is 46.3 Å². The van der Waals surface area contributed by atoms with Crippen LogP contribution in [0, 0.1) is 11.6 Å². The zero-order chi connectivity index (χ0) is 26.2. The number of nitrogens with zero attached hydrogens (tertiary/aromatic N) is 3. The van der Waals surface area contributed by atoms with Crippen LogP contribution >= 0.6 is 23.8 Å². The summed E-state index contributed by atoms with van der Waals surface area (Å²) in [7, 11) is 0. The molecule has 192 valence electrons. The van der Waals surface area contributed by atoms with Crippen LogP contribution < -0.4 is 10.6 Å². The predicted molar refractivity (Wildman–Crippen MR) is 152 cm³/mol. The van der Waals surface area contributed by atoms with Crippen molar-refractivity contribution in [2.24, 2.45) is 0 Å². The van der Waals surface area contributed by atoms with Gasteiger partial charge in [0.25, 0.3) is 0 Å². The number of halogens is 3. The molecule has 5 aromatic rings. The number of thiocarbonyl (C=S) groups is 1. The smallest absolute Gasteiger partial charge is 0.150 e. The van der Waals surface area contributed by atoms with Gasteiger partial charge in [-0.15, -0.1) is 0 Å². The second kappa shape index (κ2) is 10.2. The van der Waals surface area contributed by atoms with Gasteiger partial charge >= 0.3 is 0 Å². The van der Waals surface area contributed by atoms with Crippen molar-refractivity contribution in [2.45, 2.75) is 32.4 Å². The maximum Gasteiger partial charge on any atom is 0.150 e. The van der Waals surface area contributed by atoms with Crippen molar-refractivity contribution in [3.8, 4) is 11.1 Å². The van der Waals surface area contributed by atoms with Crippen LogP contribution in [-0.2, 0) is 19.5 Å². The first-order valence-electron chi connectivity index (χ1n) is 12.4. The van der Waals surface area contributed by atoms with E-state index in [0.717, 1.165) is 59.8 Å². The molecule has 0 fully saturated rings. The third-order valence-electron chi connectivity index (χ3n) is 6.81. The summed E-state index contributed by atoms with van der Waals surface area (Å²) in [5.74, 6) is 0.277. The van der Waals surface area contributed by atoms with Gasteiger partial charge in [-0.2, -0.15) is 5.10 Å². The highest BCUT2D eigenvalue weighted by Gasteiger charge is 2.29. The van der Waals surface area contributed by atoms with Gasteiger partial charge in [0.05, 0.1) is 6.54 Å². The molecule has 1 aliphatic heterocycles. The zero-order valence-corrected chi connectivity index (χ0v) is 21.9. The third-order valence-corrected chi connectivity index (χ3v) is 7.35. The SMILES string of the molecule is Fc1ccc(NCc2nn3c(C(=S)Nc4ccc(F)cc4)c(-c4ccc(Cl)cc4)c4c3n2CCCC4)cc1. The van der Waals surface area contributed by atoms with Gasteiger partial charge in [-0.05, 0) is 85.5 Å². The Morgan fingerprint density at radius 1 is 0.895 bits per heavy atom. The van der Waals surface area contributed by atoms with Crippen LogP contribution in [0.15, 0.2) is 72.8 Å². The first kappa shape index (κ1) is 24.6. The van der Waals surface area contributed by atoms with E-state index in [0.29, 0.717) is 22.2 Å². The van der Waals surface area contributed by atoms with Crippen molar-refractivity contribution in [3.05, 3.63) is 107 Å². The monoisotopic (exact) mass is 547 g/mol. The van der Waals surface area contributed by atoms with E-state index >= 15 is 0 Å². The fourth-order valence-electron chi connectivity index (χ4n) is 5.04. The van der Waals surface area contributed by atoms with E-state index in [1.54, 1.807) is 24.3 Å².